The van der Waals surface area contributed by atoms with Gasteiger partial charge in [-0.3, -0.25) is 0 Å². The molecule has 1 fully saturated rings. The van der Waals surface area contributed by atoms with Crippen molar-refractivity contribution in [3.8, 4) is 0 Å². The van der Waals surface area contributed by atoms with Crippen molar-refractivity contribution in [2.75, 3.05) is 5.73 Å². The Morgan fingerprint density at radius 3 is 2.87 bits per heavy atom. The van der Waals surface area contributed by atoms with Gasteiger partial charge in [0.1, 0.15) is 0 Å². The molecule has 3 heteroatoms. The van der Waals surface area contributed by atoms with Crippen LogP contribution < -0.4 is 16.8 Å². The number of nitrogen functional groups attached to an aromatic ring is 1. The zero-order valence-electron chi connectivity index (χ0n) is 9.11. The van der Waals surface area contributed by atoms with E-state index in [9.17, 15) is 0 Å². The minimum Gasteiger partial charge on any atom is -0.399 e. The van der Waals surface area contributed by atoms with Gasteiger partial charge in [0.15, 0.2) is 0 Å². The Balaban J connectivity index is 2.21. The molecule has 1 aromatic carbocycles. The van der Waals surface area contributed by atoms with E-state index in [1.165, 1.54) is 5.56 Å². The van der Waals surface area contributed by atoms with Crippen LogP contribution in [0.15, 0.2) is 24.3 Å². The summed E-state index contributed by atoms with van der Waals surface area (Å²) in [4.78, 5) is 0. The van der Waals surface area contributed by atoms with Crippen molar-refractivity contribution in [2.24, 2.45) is 5.73 Å². The quantitative estimate of drug-likeness (QED) is 0.607. The third-order valence-corrected chi connectivity index (χ3v) is 3.10. The molecule has 0 aliphatic carbocycles. The lowest BCUT2D eigenvalue weighted by molar-refractivity contribution is 0.301. The van der Waals surface area contributed by atoms with Crippen LogP contribution in [0.2, 0.25) is 0 Å². The van der Waals surface area contributed by atoms with Crippen LogP contribution in [-0.4, -0.2) is 12.1 Å². The summed E-state index contributed by atoms with van der Waals surface area (Å²) in [5.74, 6) is 0. The highest BCUT2D eigenvalue weighted by atomic mass is 15.0. The first kappa shape index (κ1) is 10.5. The number of anilines is 1. The number of nitrogens with two attached hydrogens (primary N) is 2. The van der Waals surface area contributed by atoms with E-state index in [4.69, 9.17) is 11.5 Å². The second kappa shape index (κ2) is 4.21. The summed E-state index contributed by atoms with van der Waals surface area (Å²) < 4.78 is 0. The molecule has 0 saturated carbocycles. The van der Waals surface area contributed by atoms with Gasteiger partial charge in [-0.15, -0.1) is 0 Å². The number of piperidine rings is 1. The Kier molecular flexibility index (Phi) is 2.93. The van der Waals surface area contributed by atoms with E-state index in [0.717, 1.165) is 18.5 Å². The monoisotopic (exact) mass is 205 g/mol. The predicted molar refractivity (Wildman–Crippen MR) is 63.4 cm³/mol. The van der Waals surface area contributed by atoms with Gasteiger partial charge < -0.3 is 16.8 Å². The van der Waals surface area contributed by atoms with Gasteiger partial charge in [-0.05, 0) is 37.5 Å². The van der Waals surface area contributed by atoms with Crippen molar-refractivity contribution in [1.29, 1.82) is 0 Å². The molecule has 1 aromatic rings. The van der Waals surface area contributed by atoms with Crippen LogP contribution in [0.5, 0.6) is 0 Å². The molecule has 1 saturated heterocycles. The fraction of sp³-hybridized carbons (Fsp3) is 0.500. The highest BCUT2D eigenvalue weighted by Crippen LogP contribution is 2.25. The van der Waals surface area contributed by atoms with Gasteiger partial charge in [0.2, 0.25) is 0 Å². The van der Waals surface area contributed by atoms with Crippen LogP contribution in [-0.2, 0) is 0 Å². The summed E-state index contributed by atoms with van der Waals surface area (Å²) in [5, 5.41) is 3.53. The molecule has 0 aromatic heterocycles. The van der Waals surface area contributed by atoms with Crippen molar-refractivity contribution >= 4 is 5.69 Å². The molecule has 3 nitrogen and oxygen atoms in total. The average Bonchev–Trinajstić information content (AvgIpc) is 2.22. The van der Waals surface area contributed by atoms with Gasteiger partial charge in [0.05, 0.1) is 0 Å². The molecule has 82 valence electrons. The Hall–Kier alpha value is -1.06. The van der Waals surface area contributed by atoms with Crippen molar-refractivity contribution in [3.63, 3.8) is 0 Å². The molecule has 15 heavy (non-hydrogen) atoms. The third-order valence-electron chi connectivity index (χ3n) is 3.10. The molecule has 0 spiro atoms. The summed E-state index contributed by atoms with van der Waals surface area (Å²) >= 11 is 0. The van der Waals surface area contributed by atoms with Crippen molar-refractivity contribution in [1.82, 2.24) is 5.32 Å². The zero-order chi connectivity index (χ0) is 10.8. The summed E-state index contributed by atoms with van der Waals surface area (Å²) in [6.45, 7) is 2.20. The van der Waals surface area contributed by atoms with Crippen LogP contribution in [0.1, 0.15) is 31.4 Å². The minimum absolute atomic E-state index is 0.197. The number of hydrogen-bond donors (Lipinski definition) is 3. The lowest BCUT2D eigenvalue weighted by atomic mass is 9.90. The number of nitrogens with one attached hydrogen (secondary N) is 1. The van der Waals surface area contributed by atoms with E-state index in [0.29, 0.717) is 6.04 Å². The molecule has 0 bridgehead atoms. The van der Waals surface area contributed by atoms with Crippen molar-refractivity contribution < 1.29 is 0 Å². The molecule has 1 heterocycles. The Morgan fingerprint density at radius 1 is 1.33 bits per heavy atom. The Morgan fingerprint density at radius 2 is 2.13 bits per heavy atom. The first-order valence-electron chi connectivity index (χ1n) is 5.54. The van der Waals surface area contributed by atoms with E-state index in [1.807, 2.05) is 18.2 Å². The summed E-state index contributed by atoms with van der Waals surface area (Å²) in [5.41, 5.74) is 13.9. The molecular formula is C12H19N3. The van der Waals surface area contributed by atoms with Crippen LogP contribution in [0.25, 0.3) is 0 Å². The highest BCUT2D eigenvalue weighted by Gasteiger charge is 2.26. The molecule has 3 atom stereocenters. The van der Waals surface area contributed by atoms with Crippen LogP contribution in [0.4, 0.5) is 5.69 Å². The minimum atomic E-state index is 0.197. The van der Waals surface area contributed by atoms with E-state index in [-0.39, 0.29) is 12.1 Å². The Labute approximate surface area is 90.8 Å². The largest absolute Gasteiger partial charge is 0.399 e. The smallest absolute Gasteiger partial charge is 0.0476 e. The SMILES string of the molecule is CC1CCC(N)C(c2cccc(N)c2)N1. The molecule has 2 rings (SSSR count). The molecule has 1 aliphatic heterocycles. The van der Waals surface area contributed by atoms with Crippen molar-refractivity contribution in [2.45, 2.75) is 37.9 Å². The second-order valence-electron chi connectivity index (χ2n) is 4.46. The summed E-state index contributed by atoms with van der Waals surface area (Å²) in [6.07, 6.45) is 2.23. The van der Waals surface area contributed by atoms with Crippen LogP contribution >= 0.6 is 0 Å². The van der Waals surface area contributed by atoms with E-state index in [2.05, 4.69) is 18.3 Å². The number of rotatable bonds is 1. The highest BCUT2D eigenvalue weighted by molar-refractivity contribution is 5.42. The maximum Gasteiger partial charge on any atom is 0.0476 e. The van der Waals surface area contributed by atoms with E-state index < -0.39 is 0 Å². The molecule has 1 aliphatic rings. The molecule has 0 amide bonds. The fourth-order valence-corrected chi connectivity index (χ4v) is 2.22. The normalized spacial score (nSPS) is 31.5. The van der Waals surface area contributed by atoms with Crippen LogP contribution in [0.3, 0.4) is 0 Å². The van der Waals surface area contributed by atoms with Gasteiger partial charge in [0.25, 0.3) is 0 Å². The zero-order valence-corrected chi connectivity index (χ0v) is 9.11. The van der Waals surface area contributed by atoms with E-state index in [1.54, 1.807) is 0 Å². The average molecular weight is 205 g/mol. The van der Waals surface area contributed by atoms with Crippen molar-refractivity contribution in [3.05, 3.63) is 29.8 Å². The lowest BCUT2D eigenvalue weighted by Gasteiger charge is -2.34. The topological polar surface area (TPSA) is 64.1 Å². The number of benzene rings is 1. The maximum absolute atomic E-state index is 6.12. The van der Waals surface area contributed by atoms with Gasteiger partial charge in [0, 0.05) is 23.8 Å². The maximum atomic E-state index is 6.12. The van der Waals surface area contributed by atoms with E-state index >= 15 is 0 Å². The molecular weight excluding hydrogens is 186 g/mol. The van der Waals surface area contributed by atoms with Gasteiger partial charge in [-0.2, -0.15) is 0 Å². The van der Waals surface area contributed by atoms with Gasteiger partial charge in [-0.25, -0.2) is 0 Å². The summed E-state index contributed by atoms with van der Waals surface area (Å²) in [7, 11) is 0. The molecule has 3 unspecified atom stereocenters. The lowest BCUT2D eigenvalue weighted by Crippen LogP contribution is -2.46. The van der Waals surface area contributed by atoms with Gasteiger partial charge in [-0.1, -0.05) is 12.1 Å². The fourth-order valence-electron chi connectivity index (χ4n) is 2.22. The molecule has 0 radical (unpaired) electrons. The molecule has 5 N–H and O–H groups in total. The predicted octanol–water partition coefficient (Wildman–Crippen LogP) is 1.41. The summed E-state index contributed by atoms with van der Waals surface area (Å²) in [6, 6.07) is 8.97. The number of hydrogen-bond acceptors (Lipinski definition) is 3. The Bertz CT molecular complexity index is 337. The van der Waals surface area contributed by atoms with Gasteiger partial charge >= 0.3 is 0 Å². The standard InChI is InChI=1S/C12H19N3/c1-8-5-6-11(14)12(15-8)9-3-2-4-10(13)7-9/h2-4,7-8,11-12,15H,5-6,13-14H2,1H3. The first-order chi connectivity index (χ1) is 7.16. The third kappa shape index (κ3) is 2.30. The van der Waals surface area contributed by atoms with Crippen LogP contribution in [0, 0.1) is 0 Å². The first-order valence-corrected chi connectivity index (χ1v) is 5.54. The second-order valence-corrected chi connectivity index (χ2v) is 4.46.